The van der Waals surface area contributed by atoms with Crippen molar-refractivity contribution in [3.8, 4) is 11.5 Å². The molecule has 94 valence electrons. The van der Waals surface area contributed by atoms with Crippen LogP contribution in [-0.2, 0) is 19.7 Å². The van der Waals surface area contributed by atoms with Gasteiger partial charge in [-0.05, 0) is 0 Å². The van der Waals surface area contributed by atoms with Gasteiger partial charge in [0.2, 0.25) is 0 Å². The molecule has 0 aliphatic carbocycles. The zero-order valence-electron chi connectivity index (χ0n) is 8.69. The molecule has 0 fully saturated rings. The molecule has 0 unspecified atom stereocenters. The molecule has 0 amide bonds. The van der Waals surface area contributed by atoms with E-state index in [9.17, 15) is 18.0 Å². The maximum absolute atomic E-state index is 11.0. The highest BCUT2D eigenvalue weighted by Crippen LogP contribution is 2.25. The fourth-order valence-electron chi connectivity index (χ4n) is 1.01. The fourth-order valence-corrected chi connectivity index (χ4v) is 1.55. The van der Waals surface area contributed by atoms with Crippen molar-refractivity contribution in [2.75, 3.05) is 0 Å². The Morgan fingerprint density at radius 1 is 1.00 bits per heavy atom. The topological polar surface area (TPSA) is 107 Å². The summed E-state index contributed by atoms with van der Waals surface area (Å²) in [5, 5.41) is 0. The van der Waals surface area contributed by atoms with E-state index in [1.165, 1.54) is 17.9 Å². The minimum absolute atomic E-state index is 0.0947. The van der Waals surface area contributed by atoms with Crippen LogP contribution in [0.3, 0.4) is 0 Å². The number of carbonyl (C=O) groups excluding carboxylic acids is 2. The summed E-state index contributed by atoms with van der Waals surface area (Å²) in [5.41, 5.74) is 0. The molecule has 18 heavy (non-hydrogen) atoms. The molecular weight excluding hydrogens is 264 g/mol. The maximum Gasteiger partial charge on any atom is 0.294 e. The van der Waals surface area contributed by atoms with Crippen LogP contribution in [0.1, 0.15) is 0 Å². The first kappa shape index (κ1) is 13.7. The number of ether oxygens (including phenoxy) is 2. The van der Waals surface area contributed by atoms with Crippen LogP contribution in [0.2, 0.25) is 0 Å². The van der Waals surface area contributed by atoms with Gasteiger partial charge < -0.3 is 9.47 Å². The van der Waals surface area contributed by atoms with E-state index in [2.05, 4.69) is 0 Å². The molecule has 0 radical (unpaired) electrons. The average molecular weight is 270 g/mol. The lowest BCUT2D eigenvalue weighted by Crippen LogP contribution is -1.99. The zero-order chi connectivity index (χ0) is 13.6. The summed E-state index contributed by atoms with van der Waals surface area (Å²) in [6.45, 7) is 0. The Labute approximate surface area is 102 Å². The molecule has 1 aromatic carbocycles. The van der Waals surface area contributed by atoms with Gasteiger partial charge in [-0.15, -0.1) is 0 Å². The van der Waals surface area contributed by atoms with Crippen LogP contribution in [0.15, 0.2) is 35.6 Å². The molecule has 1 rings (SSSR count). The fraction of sp³-hybridized carbons (Fsp3) is 0. The lowest BCUT2D eigenvalue weighted by atomic mass is 10.3. The third kappa shape index (κ3) is 3.89. The lowest BCUT2D eigenvalue weighted by Gasteiger charge is -2.05. The van der Waals surface area contributed by atoms with Crippen molar-refractivity contribution in [2.45, 2.75) is 4.90 Å². The lowest BCUT2D eigenvalue weighted by molar-refractivity contribution is 0.449. The van der Waals surface area contributed by atoms with Gasteiger partial charge in [0, 0.05) is 18.2 Å². The quantitative estimate of drug-likeness (QED) is 0.468. The summed E-state index contributed by atoms with van der Waals surface area (Å²) < 4.78 is 40.2. The van der Waals surface area contributed by atoms with Crippen molar-refractivity contribution in [3.05, 3.63) is 30.7 Å². The molecule has 0 bridgehead atoms. The first-order chi connectivity index (χ1) is 8.47. The number of rotatable bonds is 5. The SMILES string of the molecule is O=C=COc1cc(OC=C=O)cc(S(=O)(=O)O)c1. The van der Waals surface area contributed by atoms with E-state index >= 15 is 0 Å². The van der Waals surface area contributed by atoms with Crippen LogP contribution in [0.4, 0.5) is 0 Å². The molecule has 8 heteroatoms. The molecule has 0 spiro atoms. The molecule has 1 aromatic rings. The van der Waals surface area contributed by atoms with Gasteiger partial charge in [-0.25, -0.2) is 9.59 Å². The Kier molecular flexibility index (Phi) is 4.42. The van der Waals surface area contributed by atoms with Crippen molar-refractivity contribution in [2.24, 2.45) is 0 Å². The standard InChI is InChI=1S/C10H6O7S/c11-1-3-16-8-5-9(17-4-2-12)7-10(6-8)18(13,14)15/h3-7H,(H,13,14,15). The van der Waals surface area contributed by atoms with Crippen LogP contribution >= 0.6 is 0 Å². The van der Waals surface area contributed by atoms with Crippen molar-refractivity contribution in [3.63, 3.8) is 0 Å². The minimum atomic E-state index is -4.48. The molecular formula is C10H6O7S. The van der Waals surface area contributed by atoms with E-state index in [4.69, 9.17) is 14.0 Å². The Morgan fingerprint density at radius 3 is 1.78 bits per heavy atom. The summed E-state index contributed by atoms with van der Waals surface area (Å²) in [6.07, 6.45) is 1.28. The van der Waals surface area contributed by atoms with Gasteiger partial charge in [0.1, 0.15) is 16.4 Å². The van der Waals surface area contributed by atoms with Gasteiger partial charge in [-0.2, -0.15) is 8.42 Å². The highest BCUT2D eigenvalue weighted by atomic mass is 32.2. The third-order valence-electron chi connectivity index (χ3n) is 1.64. The van der Waals surface area contributed by atoms with Gasteiger partial charge >= 0.3 is 0 Å². The van der Waals surface area contributed by atoms with Crippen molar-refractivity contribution >= 4 is 22.0 Å². The molecule has 0 aliphatic heterocycles. The first-order valence-electron chi connectivity index (χ1n) is 4.32. The Hall–Kier alpha value is -2.37. The minimum Gasteiger partial charge on any atom is -0.453 e. The van der Waals surface area contributed by atoms with E-state index in [1.807, 2.05) is 0 Å². The van der Waals surface area contributed by atoms with Crippen molar-refractivity contribution in [1.82, 2.24) is 0 Å². The molecule has 7 nitrogen and oxygen atoms in total. The Balaban J connectivity index is 3.27. The van der Waals surface area contributed by atoms with Crippen LogP contribution in [0, 0.1) is 0 Å². The first-order valence-corrected chi connectivity index (χ1v) is 5.76. The largest absolute Gasteiger partial charge is 0.453 e. The highest BCUT2D eigenvalue weighted by Gasteiger charge is 2.13. The molecule has 0 heterocycles. The van der Waals surface area contributed by atoms with Crippen LogP contribution in [0.25, 0.3) is 0 Å². The summed E-state index contributed by atoms with van der Waals surface area (Å²) >= 11 is 0. The molecule has 0 aliphatic rings. The predicted octanol–water partition coefficient (Wildman–Crippen LogP) is 0.382. The molecule has 0 saturated heterocycles. The Bertz CT molecular complexity index is 596. The van der Waals surface area contributed by atoms with Crippen LogP contribution < -0.4 is 9.47 Å². The van der Waals surface area contributed by atoms with Crippen LogP contribution in [-0.4, -0.2) is 24.9 Å². The normalized spacial score (nSPS) is 9.83. The van der Waals surface area contributed by atoms with Gasteiger partial charge in [0.15, 0.2) is 24.4 Å². The third-order valence-corrected chi connectivity index (χ3v) is 2.47. The summed E-state index contributed by atoms with van der Waals surface area (Å²) in [5.74, 6) is 2.44. The number of benzene rings is 1. The number of hydrogen-bond acceptors (Lipinski definition) is 6. The Morgan fingerprint density at radius 2 is 1.44 bits per heavy atom. The molecule has 1 N–H and O–H groups in total. The van der Waals surface area contributed by atoms with Gasteiger partial charge in [-0.3, -0.25) is 4.55 Å². The van der Waals surface area contributed by atoms with Crippen LogP contribution in [0.5, 0.6) is 11.5 Å². The summed E-state index contributed by atoms with van der Waals surface area (Å²) in [6, 6.07) is 3.11. The maximum atomic E-state index is 11.0. The van der Waals surface area contributed by atoms with Gasteiger partial charge in [0.05, 0.1) is 0 Å². The molecule has 0 saturated carbocycles. The second kappa shape index (κ2) is 5.81. The van der Waals surface area contributed by atoms with E-state index < -0.39 is 15.0 Å². The monoisotopic (exact) mass is 270 g/mol. The summed E-state index contributed by atoms with van der Waals surface area (Å²) in [7, 11) is -4.48. The second-order valence-corrected chi connectivity index (χ2v) is 4.24. The summed E-state index contributed by atoms with van der Waals surface area (Å²) in [4.78, 5) is 19.4. The molecule has 0 aromatic heterocycles. The predicted molar refractivity (Wildman–Crippen MR) is 58.0 cm³/mol. The molecule has 0 atom stereocenters. The van der Waals surface area contributed by atoms with E-state index in [-0.39, 0.29) is 11.5 Å². The van der Waals surface area contributed by atoms with Crippen molar-refractivity contribution in [1.29, 1.82) is 0 Å². The number of hydrogen-bond donors (Lipinski definition) is 1. The zero-order valence-corrected chi connectivity index (χ0v) is 9.51. The van der Waals surface area contributed by atoms with Crippen molar-refractivity contribution < 1.29 is 32.0 Å². The average Bonchev–Trinajstić information content (AvgIpc) is 2.32. The highest BCUT2D eigenvalue weighted by molar-refractivity contribution is 7.85. The van der Waals surface area contributed by atoms with E-state index in [0.717, 1.165) is 12.1 Å². The smallest absolute Gasteiger partial charge is 0.294 e. The van der Waals surface area contributed by atoms with E-state index in [1.54, 1.807) is 0 Å². The second-order valence-electron chi connectivity index (χ2n) is 2.82. The van der Waals surface area contributed by atoms with Gasteiger partial charge in [-0.1, -0.05) is 0 Å². The van der Waals surface area contributed by atoms with E-state index in [0.29, 0.717) is 12.5 Å². The van der Waals surface area contributed by atoms with Gasteiger partial charge in [0.25, 0.3) is 10.1 Å².